The molecular weight excluding hydrogens is 352 g/mol. The maximum Gasteiger partial charge on any atom is 0.255 e. The third kappa shape index (κ3) is 3.24. The Kier molecular flexibility index (Phi) is 4.59. The maximum absolute atomic E-state index is 12.9. The van der Waals surface area contributed by atoms with Crippen molar-refractivity contribution in [1.29, 1.82) is 0 Å². The smallest absolute Gasteiger partial charge is 0.255 e. The van der Waals surface area contributed by atoms with Gasteiger partial charge in [-0.15, -0.1) is 0 Å². The molecule has 1 N–H and O–H groups in total. The van der Waals surface area contributed by atoms with Gasteiger partial charge in [0, 0.05) is 11.3 Å². The van der Waals surface area contributed by atoms with Crippen LogP contribution in [0.5, 0.6) is 0 Å². The van der Waals surface area contributed by atoms with Crippen molar-refractivity contribution in [2.24, 2.45) is 11.8 Å². The van der Waals surface area contributed by atoms with E-state index in [1.807, 2.05) is 44.2 Å². The van der Waals surface area contributed by atoms with Crippen LogP contribution in [0.2, 0.25) is 0 Å². The standard InChI is InChI=1S/C23H22N2O3/c1-14-5-3-7-17(11-14)24-21(26)16-6-4-8-18(13-16)25-22(27)19-10-9-15(2)12-20(19)23(25)28/h3-9,11,13,19-20H,10,12H2,1-2H3,(H,24,26)/t19-,20-/m1/s1. The summed E-state index contributed by atoms with van der Waals surface area (Å²) in [6, 6.07) is 14.2. The van der Waals surface area contributed by atoms with Crippen LogP contribution in [-0.4, -0.2) is 17.7 Å². The molecule has 5 heteroatoms. The van der Waals surface area contributed by atoms with Crippen LogP contribution < -0.4 is 10.2 Å². The fraction of sp³-hybridized carbons (Fsp3) is 0.261. The maximum atomic E-state index is 12.9. The molecule has 1 aliphatic heterocycles. The van der Waals surface area contributed by atoms with Crippen LogP contribution in [0.25, 0.3) is 0 Å². The van der Waals surface area contributed by atoms with Gasteiger partial charge in [0.05, 0.1) is 17.5 Å². The Morgan fingerprint density at radius 3 is 2.54 bits per heavy atom. The van der Waals surface area contributed by atoms with Crippen LogP contribution in [0.3, 0.4) is 0 Å². The largest absolute Gasteiger partial charge is 0.322 e. The molecule has 1 saturated heterocycles. The van der Waals surface area contributed by atoms with E-state index in [1.165, 1.54) is 4.90 Å². The van der Waals surface area contributed by atoms with Gasteiger partial charge in [-0.2, -0.15) is 0 Å². The molecule has 4 rings (SSSR count). The van der Waals surface area contributed by atoms with Gasteiger partial charge in [0.15, 0.2) is 0 Å². The number of fused-ring (bicyclic) bond motifs is 1. The van der Waals surface area contributed by atoms with Crippen molar-refractivity contribution >= 4 is 29.1 Å². The van der Waals surface area contributed by atoms with Crippen molar-refractivity contribution in [2.45, 2.75) is 26.7 Å². The summed E-state index contributed by atoms with van der Waals surface area (Å²) in [6.45, 7) is 3.95. The highest BCUT2D eigenvalue weighted by Crippen LogP contribution is 2.39. The van der Waals surface area contributed by atoms with E-state index >= 15 is 0 Å². The molecule has 5 nitrogen and oxygen atoms in total. The second-order valence-electron chi connectivity index (χ2n) is 7.59. The number of benzene rings is 2. The van der Waals surface area contributed by atoms with E-state index in [1.54, 1.807) is 24.3 Å². The Labute approximate surface area is 164 Å². The number of aryl methyl sites for hydroxylation is 1. The zero-order valence-corrected chi connectivity index (χ0v) is 15.9. The quantitative estimate of drug-likeness (QED) is 0.650. The topological polar surface area (TPSA) is 66.5 Å². The van der Waals surface area contributed by atoms with E-state index in [4.69, 9.17) is 0 Å². The van der Waals surface area contributed by atoms with Gasteiger partial charge in [-0.1, -0.05) is 29.8 Å². The summed E-state index contributed by atoms with van der Waals surface area (Å²) in [6.07, 6.45) is 3.27. The third-order valence-corrected chi connectivity index (χ3v) is 5.47. The van der Waals surface area contributed by atoms with Crippen molar-refractivity contribution in [3.05, 3.63) is 71.3 Å². The SMILES string of the molecule is CC1=CC[C@H]2C(=O)N(c3cccc(C(=O)Nc4cccc(C)c4)c3)C(=O)[C@@H]2C1. The molecule has 0 saturated carbocycles. The number of imide groups is 1. The monoisotopic (exact) mass is 374 g/mol. The summed E-state index contributed by atoms with van der Waals surface area (Å²) < 4.78 is 0. The van der Waals surface area contributed by atoms with Crippen molar-refractivity contribution in [3.8, 4) is 0 Å². The number of carbonyl (C=O) groups is 3. The lowest BCUT2D eigenvalue weighted by Gasteiger charge is -2.18. The summed E-state index contributed by atoms with van der Waals surface area (Å²) in [4.78, 5) is 39.6. The second-order valence-corrected chi connectivity index (χ2v) is 7.59. The zero-order valence-electron chi connectivity index (χ0n) is 15.9. The average molecular weight is 374 g/mol. The molecule has 2 aromatic rings. The van der Waals surface area contributed by atoms with Crippen molar-refractivity contribution in [2.75, 3.05) is 10.2 Å². The van der Waals surface area contributed by atoms with E-state index in [0.29, 0.717) is 29.8 Å². The van der Waals surface area contributed by atoms with Gasteiger partial charge in [-0.25, -0.2) is 0 Å². The molecular formula is C23H22N2O3. The minimum atomic E-state index is -0.291. The molecule has 1 fully saturated rings. The Morgan fingerprint density at radius 2 is 1.75 bits per heavy atom. The number of hydrogen-bond acceptors (Lipinski definition) is 3. The predicted octanol–water partition coefficient (Wildman–Crippen LogP) is 4.09. The second kappa shape index (κ2) is 7.08. The number of anilines is 2. The van der Waals surface area contributed by atoms with Crippen LogP contribution in [0.4, 0.5) is 11.4 Å². The highest BCUT2D eigenvalue weighted by Gasteiger charge is 2.48. The molecule has 1 aliphatic carbocycles. The van der Waals surface area contributed by atoms with Gasteiger partial charge >= 0.3 is 0 Å². The van der Waals surface area contributed by atoms with Gasteiger partial charge in [-0.05, 0) is 62.6 Å². The first kappa shape index (κ1) is 18.2. The molecule has 2 aromatic carbocycles. The van der Waals surface area contributed by atoms with E-state index < -0.39 is 0 Å². The Bertz CT molecular complexity index is 1010. The summed E-state index contributed by atoms with van der Waals surface area (Å²) in [5.74, 6) is -1.20. The molecule has 0 unspecified atom stereocenters. The molecule has 142 valence electrons. The minimum Gasteiger partial charge on any atom is -0.322 e. The summed E-state index contributed by atoms with van der Waals surface area (Å²) in [5, 5.41) is 2.86. The summed E-state index contributed by atoms with van der Waals surface area (Å²) in [7, 11) is 0. The van der Waals surface area contributed by atoms with Gasteiger partial charge < -0.3 is 5.32 Å². The van der Waals surface area contributed by atoms with Gasteiger partial charge in [0.2, 0.25) is 11.8 Å². The molecule has 0 spiro atoms. The predicted molar refractivity (Wildman–Crippen MR) is 108 cm³/mol. The van der Waals surface area contributed by atoms with Crippen LogP contribution in [0.15, 0.2) is 60.2 Å². The summed E-state index contributed by atoms with van der Waals surface area (Å²) in [5.41, 5.74) is 3.76. The first-order chi connectivity index (χ1) is 13.4. The summed E-state index contributed by atoms with van der Waals surface area (Å²) >= 11 is 0. The number of allylic oxidation sites excluding steroid dienone is 2. The van der Waals surface area contributed by atoms with Crippen LogP contribution in [-0.2, 0) is 9.59 Å². The van der Waals surface area contributed by atoms with Gasteiger partial charge in [0.25, 0.3) is 5.91 Å². The Balaban J connectivity index is 1.58. The molecule has 3 amide bonds. The molecule has 2 atom stereocenters. The molecule has 0 bridgehead atoms. The highest BCUT2D eigenvalue weighted by molar-refractivity contribution is 6.22. The third-order valence-electron chi connectivity index (χ3n) is 5.47. The fourth-order valence-corrected chi connectivity index (χ4v) is 4.00. The number of amides is 3. The van der Waals surface area contributed by atoms with Crippen molar-refractivity contribution in [1.82, 2.24) is 0 Å². The van der Waals surface area contributed by atoms with Gasteiger partial charge in [-0.3, -0.25) is 19.3 Å². The lowest BCUT2D eigenvalue weighted by Crippen LogP contribution is -2.31. The minimum absolute atomic E-state index is 0.168. The Hall–Kier alpha value is -3.21. The molecule has 0 radical (unpaired) electrons. The lowest BCUT2D eigenvalue weighted by atomic mass is 9.82. The highest BCUT2D eigenvalue weighted by atomic mass is 16.2. The van der Waals surface area contributed by atoms with Crippen molar-refractivity contribution in [3.63, 3.8) is 0 Å². The number of hydrogen-bond donors (Lipinski definition) is 1. The van der Waals surface area contributed by atoms with Gasteiger partial charge in [0.1, 0.15) is 0 Å². The normalized spacial score (nSPS) is 21.4. The van der Waals surface area contributed by atoms with E-state index in [9.17, 15) is 14.4 Å². The van der Waals surface area contributed by atoms with E-state index in [2.05, 4.69) is 5.32 Å². The lowest BCUT2D eigenvalue weighted by molar-refractivity contribution is -0.122. The molecule has 28 heavy (non-hydrogen) atoms. The number of carbonyl (C=O) groups excluding carboxylic acids is 3. The first-order valence-electron chi connectivity index (χ1n) is 9.45. The molecule has 0 aromatic heterocycles. The molecule has 1 heterocycles. The van der Waals surface area contributed by atoms with E-state index in [0.717, 1.165) is 11.1 Å². The number of rotatable bonds is 3. The van der Waals surface area contributed by atoms with Crippen molar-refractivity contribution < 1.29 is 14.4 Å². The first-order valence-corrected chi connectivity index (χ1v) is 9.45. The van der Waals surface area contributed by atoms with Crippen LogP contribution in [0.1, 0.15) is 35.7 Å². The Morgan fingerprint density at radius 1 is 1.00 bits per heavy atom. The number of nitrogens with zero attached hydrogens (tertiary/aromatic N) is 1. The average Bonchev–Trinajstić information content (AvgIpc) is 2.92. The van der Waals surface area contributed by atoms with E-state index in [-0.39, 0.29) is 29.6 Å². The molecule has 2 aliphatic rings. The zero-order chi connectivity index (χ0) is 19.8. The fourth-order valence-electron chi connectivity index (χ4n) is 4.00. The number of nitrogens with one attached hydrogen (secondary N) is 1. The van der Waals surface area contributed by atoms with Crippen LogP contribution >= 0.6 is 0 Å². The van der Waals surface area contributed by atoms with Crippen LogP contribution in [0, 0.1) is 18.8 Å².